The highest BCUT2D eigenvalue weighted by molar-refractivity contribution is 5.94. The highest BCUT2D eigenvalue weighted by Crippen LogP contribution is 2.22. The molecule has 0 aliphatic carbocycles. The zero-order valence-corrected chi connectivity index (χ0v) is 13.2. The third-order valence-corrected chi connectivity index (χ3v) is 3.60. The molecular formula is C14H20N4O5. The molecule has 0 radical (unpaired) electrons. The van der Waals surface area contributed by atoms with Crippen molar-refractivity contribution < 1.29 is 18.9 Å². The van der Waals surface area contributed by atoms with E-state index >= 15 is 0 Å². The number of furan rings is 1. The molecule has 0 bridgehead atoms. The second kappa shape index (κ2) is 7.23. The first-order valence-corrected chi connectivity index (χ1v) is 7.34. The van der Waals surface area contributed by atoms with Gasteiger partial charge in [-0.1, -0.05) is 0 Å². The Morgan fingerprint density at radius 1 is 1.43 bits per heavy atom. The zero-order valence-electron chi connectivity index (χ0n) is 13.2. The average Bonchev–Trinajstić information content (AvgIpc) is 2.91. The van der Waals surface area contributed by atoms with Gasteiger partial charge in [-0.25, -0.2) is 0 Å². The van der Waals surface area contributed by atoms with Gasteiger partial charge in [0.15, 0.2) is 5.76 Å². The minimum absolute atomic E-state index is 0.0711. The maximum absolute atomic E-state index is 12.0. The van der Waals surface area contributed by atoms with Crippen LogP contribution in [-0.2, 0) is 4.79 Å². The molecule has 2 rings (SSSR count). The van der Waals surface area contributed by atoms with Gasteiger partial charge in [-0.05, 0) is 33.1 Å². The minimum Gasteiger partial charge on any atom is -0.395 e. The molecule has 0 spiro atoms. The van der Waals surface area contributed by atoms with Crippen LogP contribution >= 0.6 is 0 Å². The number of carbonyl (C=O) groups excluding carboxylic acids is 2. The molecule has 0 aromatic carbocycles. The number of hydrogen-bond donors (Lipinski definition) is 1. The number of nitro groups is 1. The summed E-state index contributed by atoms with van der Waals surface area (Å²) in [6, 6.07) is 2.41. The van der Waals surface area contributed by atoms with E-state index in [-0.39, 0.29) is 17.6 Å². The highest BCUT2D eigenvalue weighted by Gasteiger charge is 2.37. The summed E-state index contributed by atoms with van der Waals surface area (Å²) >= 11 is 0. The summed E-state index contributed by atoms with van der Waals surface area (Å²) in [5.74, 6) is -1.29. The summed E-state index contributed by atoms with van der Waals surface area (Å²) < 4.78 is 4.87. The molecule has 1 saturated heterocycles. The molecule has 1 fully saturated rings. The number of nitrogens with one attached hydrogen (secondary N) is 1. The van der Waals surface area contributed by atoms with Gasteiger partial charge < -0.3 is 19.5 Å². The Morgan fingerprint density at radius 2 is 2.13 bits per heavy atom. The molecule has 2 heterocycles. The summed E-state index contributed by atoms with van der Waals surface area (Å²) in [6.45, 7) is 2.10. The second-order valence-electron chi connectivity index (χ2n) is 5.75. The molecule has 0 unspecified atom stereocenters. The third-order valence-electron chi connectivity index (χ3n) is 3.60. The van der Waals surface area contributed by atoms with Crippen molar-refractivity contribution in [2.24, 2.45) is 5.92 Å². The molecule has 9 heteroatoms. The van der Waals surface area contributed by atoms with Gasteiger partial charge in [0.2, 0.25) is 5.91 Å². The monoisotopic (exact) mass is 324 g/mol. The van der Waals surface area contributed by atoms with Crippen molar-refractivity contribution in [1.29, 1.82) is 0 Å². The van der Waals surface area contributed by atoms with Gasteiger partial charge in [-0.15, -0.1) is 0 Å². The Labute approximate surface area is 133 Å². The molecule has 0 saturated carbocycles. The summed E-state index contributed by atoms with van der Waals surface area (Å²) in [5.41, 5.74) is 0. The van der Waals surface area contributed by atoms with Gasteiger partial charge >= 0.3 is 5.88 Å². The van der Waals surface area contributed by atoms with Crippen molar-refractivity contribution in [1.82, 2.24) is 15.1 Å². The number of likely N-dealkylation sites (tertiary alicyclic amines) is 1. The van der Waals surface area contributed by atoms with E-state index in [1.165, 1.54) is 11.0 Å². The Hall–Kier alpha value is -2.42. The highest BCUT2D eigenvalue weighted by atomic mass is 16.6. The van der Waals surface area contributed by atoms with Gasteiger partial charge in [-0.2, -0.15) is 0 Å². The fourth-order valence-electron chi connectivity index (χ4n) is 2.26. The van der Waals surface area contributed by atoms with Crippen molar-refractivity contribution in [3.8, 4) is 0 Å². The molecule has 0 atom stereocenters. The van der Waals surface area contributed by atoms with Crippen molar-refractivity contribution in [3.05, 3.63) is 28.0 Å². The van der Waals surface area contributed by atoms with Crippen LogP contribution in [0.4, 0.5) is 5.88 Å². The van der Waals surface area contributed by atoms with Crippen LogP contribution in [0, 0.1) is 16.0 Å². The fourth-order valence-corrected chi connectivity index (χ4v) is 2.26. The SMILES string of the molecule is CN(C)CCCNC(=O)C1CN(C(=O)c2ccc([N+](=O)[O-])o2)C1. The summed E-state index contributed by atoms with van der Waals surface area (Å²) in [7, 11) is 3.94. The Morgan fingerprint density at radius 3 is 2.70 bits per heavy atom. The fraction of sp³-hybridized carbons (Fsp3) is 0.571. The largest absolute Gasteiger partial charge is 0.433 e. The lowest BCUT2D eigenvalue weighted by Crippen LogP contribution is -2.55. The predicted octanol–water partition coefficient (Wildman–Crippen LogP) is 0.328. The molecule has 1 aromatic heterocycles. The summed E-state index contributed by atoms with van der Waals surface area (Å²) in [5, 5.41) is 13.4. The molecule has 23 heavy (non-hydrogen) atoms. The third kappa shape index (κ3) is 4.28. The first-order valence-electron chi connectivity index (χ1n) is 7.34. The van der Waals surface area contributed by atoms with Gasteiger partial charge in [0, 0.05) is 19.6 Å². The van der Waals surface area contributed by atoms with Crippen LogP contribution in [0.3, 0.4) is 0 Å². The van der Waals surface area contributed by atoms with Crippen molar-refractivity contribution in [3.63, 3.8) is 0 Å². The van der Waals surface area contributed by atoms with Gasteiger partial charge in [0.25, 0.3) is 5.91 Å². The van der Waals surface area contributed by atoms with Gasteiger partial charge in [0.1, 0.15) is 4.92 Å². The zero-order chi connectivity index (χ0) is 17.0. The first-order chi connectivity index (χ1) is 10.9. The molecule has 126 valence electrons. The maximum atomic E-state index is 12.0. The van der Waals surface area contributed by atoms with Crippen LogP contribution in [0.2, 0.25) is 0 Å². The van der Waals surface area contributed by atoms with E-state index in [9.17, 15) is 19.7 Å². The lowest BCUT2D eigenvalue weighted by molar-refractivity contribution is -0.402. The lowest BCUT2D eigenvalue weighted by Gasteiger charge is -2.37. The van der Waals surface area contributed by atoms with Crippen LogP contribution < -0.4 is 5.32 Å². The Kier molecular flexibility index (Phi) is 5.32. The molecule has 1 aromatic rings. The number of amides is 2. The predicted molar refractivity (Wildman–Crippen MR) is 80.9 cm³/mol. The smallest absolute Gasteiger partial charge is 0.395 e. The summed E-state index contributed by atoms with van der Waals surface area (Å²) in [4.78, 5) is 37.2. The average molecular weight is 324 g/mol. The number of carbonyl (C=O) groups is 2. The normalized spacial score (nSPS) is 14.7. The van der Waals surface area contributed by atoms with E-state index < -0.39 is 16.7 Å². The second-order valence-corrected chi connectivity index (χ2v) is 5.75. The molecule has 1 aliphatic rings. The molecule has 1 aliphatic heterocycles. The van der Waals surface area contributed by atoms with Gasteiger partial charge in [-0.3, -0.25) is 19.7 Å². The molecule has 9 nitrogen and oxygen atoms in total. The van der Waals surface area contributed by atoms with Crippen LogP contribution in [0.15, 0.2) is 16.5 Å². The van der Waals surface area contributed by atoms with E-state index in [0.29, 0.717) is 19.6 Å². The lowest BCUT2D eigenvalue weighted by atomic mass is 9.98. The maximum Gasteiger partial charge on any atom is 0.433 e. The van der Waals surface area contributed by atoms with Crippen molar-refractivity contribution >= 4 is 17.7 Å². The van der Waals surface area contributed by atoms with Crippen LogP contribution in [0.5, 0.6) is 0 Å². The first kappa shape index (κ1) is 16.9. The molecular weight excluding hydrogens is 304 g/mol. The van der Waals surface area contributed by atoms with E-state index in [4.69, 9.17) is 4.42 Å². The van der Waals surface area contributed by atoms with Crippen molar-refractivity contribution in [2.75, 3.05) is 40.3 Å². The Bertz CT molecular complexity index is 592. The van der Waals surface area contributed by atoms with Crippen LogP contribution in [-0.4, -0.2) is 66.8 Å². The minimum atomic E-state index is -0.698. The van der Waals surface area contributed by atoms with Crippen LogP contribution in [0.1, 0.15) is 17.0 Å². The van der Waals surface area contributed by atoms with E-state index in [2.05, 4.69) is 5.32 Å². The van der Waals surface area contributed by atoms with Gasteiger partial charge in [0.05, 0.1) is 12.0 Å². The van der Waals surface area contributed by atoms with E-state index in [1.54, 1.807) is 0 Å². The molecule has 2 amide bonds. The van der Waals surface area contributed by atoms with Crippen molar-refractivity contribution in [2.45, 2.75) is 6.42 Å². The number of nitrogens with zero attached hydrogens (tertiary/aromatic N) is 3. The standard InChI is InChI=1S/C14H20N4O5/c1-16(2)7-3-6-15-13(19)10-8-17(9-10)14(20)11-4-5-12(23-11)18(21)22/h4-5,10H,3,6-9H2,1-2H3,(H,15,19). The topological polar surface area (TPSA) is 109 Å². The summed E-state index contributed by atoms with van der Waals surface area (Å²) in [6.07, 6.45) is 0.865. The van der Waals surface area contributed by atoms with Crippen LogP contribution in [0.25, 0.3) is 0 Å². The number of hydrogen-bond acceptors (Lipinski definition) is 6. The molecule has 1 N–H and O–H groups in total. The quantitative estimate of drug-likeness (QED) is 0.440. The number of rotatable bonds is 7. The van der Waals surface area contributed by atoms with E-state index in [0.717, 1.165) is 19.0 Å². The van der Waals surface area contributed by atoms with E-state index in [1.807, 2.05) is 19.0 Å². The Balaban J connectivity index is 1.74.